The minimum atomic E-state index is -0.711. The van der Waals surface area contributed by atoms with Crippen molar-refractivity contribution in [3.8, 4) is 0 Å². The molecule has 0 radical (unpaired) electrons. The van der Waals surface area contributed by atoms with Gasteiger partial charge in [0.05, 0.1) is 5.92 Å². The third-order valence-electron chi connectivity index (χ3n) is 2.78. The van der Waals surface area contributed by atoms with Crippen LogP contribution in [0.3, 0.4) is 0 Å². The topological polar surface area (TPSA) is 40.5 Å². The van der Waals surface area contributed by atoms with Gasteiger partial charge in [-0.15, -0.1) is 0 Å². The molecule has 0 aromatic rings. The monoisotopic (exact) mass is 197 g/mol. The Labute approximate surface area is 85.4 Å². The fourth-order valence-corrected chi connectivity index (χ4v) is 1.81. The Morgan fingerprint density at radius 1 is 1.71 bits per heavy atom. The Morgan fingerprint density at radius 2 is 2.43 bits per heavy atom. The molecule has 2 atom stereocenters. The van der Waals surface area contributed by atoms with Crippen molar-refractivity contribution in [1.82, 2.24) is 4.90 Å². The Kier molecular flexibility index (Phi) is 4.14. The summed E-state index contributed by atoms with van der Waals surface area (Å²) in [6, 6.07) is 0.436. The molecule has 3 heteroatoms. The summed E-state index contributed by atoms with van der Waals surface area (Å²) < 4.78 is 0. The first-order chi connectivity index (χ1) is 6.61. The average molecular weight is 197 g/mol. The highest BCUT2D eigenvalue weighted by molar-refractivity contribution is 5.69. The van der Waals surface area contributed by atoms with Gasteiger partial charge < -0.3 is 5.11 Å². The molecular weight excluding hydrogens is 178 g/mol. The summed E-state index contributed by atoms with van der Waals surface area (Å²) in [6.07, 6.45) is 7.92. The standard InChI is InChI=1S/C11H19NO2/c1-9(11(13)14)8-12(2)10-6-4-3-5-7-10/h4,6,9-10H,3,5,7-8H2,1-2H3,(H,13,14). The molecule has 0 aromatic carbocycles. The summed E-state index contributed by atoms with van der Waals surface area (Å²) in [7, 11) is 2.00. The van der Waals surface area contributed by atoms with Crippen LogP contribution >= 0.6 is 0 Å². The van der Waals surface area contributed by atoms with Crippen LogP contribution < -0.4 is 0 Å². The number of likely N-dealkylation sites (N-methyl/N-ethyl adjacent to an activating group) is 1. The number of hydrogen-bond acceptors (Lipinski definition) is 2. The van der Waals surface area contributed by atoms with Gasteiger partial charge in [-0.25, -0.2) is 0 Å². The van der Waals surface area contributed by atoms with Crippen LogP contribution in [-0.2, 0) is 4.79 Å². The summed E-state index contributed by atoms with van der Waals surface area (Å²) in [6.45, 7) is 2.38. The van der Waals surface area contributed by atoms with E-state index in [-0.39, 0.29) is 5.92 Å². The lowest BCUT2D eigenvalue weighted by Gasteiger charge is -2.28. The first-order valence-electron chi connectivity index (χ1n) is 5.21. The van der Waals surface area contributed by atoms with Crippen molar-refractivity contribution in [3.05, 3.63) is 12.2 Å². The van der Waals surface area contributed by atoms with Crippen molar-refractivity contribution in [3.63, 3.8) is 0 Å². The van der Waals surface area contributed by atoms with Gasteiger partial charge >= 0.3 is 5.97 Å². The predicted octanol–water partition coefficient (Wildman–Crippen LogP) is 1.75. The number of aliphatic carboxylic acids is 1. The van der Waals surface area contributed by atoms with E-state index in [0.717, 1.165) is 6.42 Å². The Hall–Kier alpha value is -0.830. The normalized spacial score (nSPS) is 23.8. The first-order valence-corrected chi connectivity index (χ1v) is 5.21. The predicted molar refractivity (Wildman–Crippen MR) is 56.2 cm³/mol. The highest BCUT2D eigenvalue weighted by Crippen LogP contribution is 2.16. The number of carboxylic acids is 1. The largest absolute Gasteiger partial charge is 0.481 e. The molecule has 3 nitrogen and oxygen atoms in total. The molecule has 0 saturated heterocycles. The highest BCUT2D eigenvalue weighted by Gasteiger charge is 2.19. The summed E-state index contributed by atoms with van der Waals surface area (Å²) in [4.78, 5) is 12.8. The third kappa shape index (κ3) is 3.14. The molecule has 0 heterocycles. The van der Waals surface area contributed by atoms with E-state index in [9.17, 15) is 4.79 Å². The smallest absolute Gasteiger partial charge is 0.307 e. The second-order valence-corrected chi connectivity index (χ2v) is 4.11. The van der Waals surface area contributed by atoms with Gasteiger partial charge in [-0.05, 0) is 26.3 Å². The number of nitrogens with zero attached hydrogens (tertiary/aromatic N) is 1. The number of rotatable bonds is 4. The minimum absolute atomic E-state index is 0.282. The Balaban J connectivity index is 2.40. The maximum Gasteiger partial charge on any atom is 0.307 e. The maximum atomic E-state index is 10.7. The molecule has 0 spiro atoms. The number of carboxylic acid groups (broad SMARTS) is 1. The average Bonchev–Trinajstić information content (AvgIpc) is 2.19. The SMILES string of the molecule is CC(CN(C)C1C=CCCC1)C(=O)O. The Morgan fingerprint density at radius 3 is 2.93 bits per heavy atom. The summed E-state index contributed by atoms with van der Waals surface area (Å²) in [5.74, 6) is -0.994. The van der Waals surface area contributed by atoms with Gasteiger partial charge in [0.15, 0.2) is 0 Å². The summed E-state index contributed by atoms with van der Waals surface area (Å²) >= 11 is 0. The van der Waals surface area contributed by atoms with Crippen LogP contribution in [0.25, 0.3) is 0 Å². The van der Waals surface area contributed by atoms with Crippen LogP contribution in [0.15, 0.2) is 12.2 Å². The molecule has 0 aromatic heterocycles. The lowest BCUT2D eigenvalue weighted by Crippen LogP contribution is -2.36. The molecule has 1 N–H and O–H groups in total. The van der Waals surface area contributed by atoms with Gasteiger partial charge in [0.1, 0.15) is 0 Å². The van der Waals surface area contributed by atoms with E-state index in [1.54, 1.807) is 6.92 Å². The van der Waals surface area contributed by atoms with E-state index in [4.69, 9.17) is 5.11 Å². The summed E-state index contributed by atoms with van der Waals surface area (Å²) in [5, 5.41) is 8.78. The van der Waals surface area contributed by atoms with Crippen LogP contribution in [0.4, 0.5) is 0 Å². The van der Waals surface area contributed by atoms with Crippen LogP contribution in [0.2, 0.25) is 0 Å². The Bertz CT molecular complexity index is 225. The van der Waals surface area contributed by atoms with Crippen molar-refractivity contribution in [2.24, 2.45) is 5.92 Å². The van der Waals surface area contributed by atoms with Gasteiger partial charge in [0.2, 0.25) is 0 Å². The lowest BCUT2D eigenvalue weighted by molar-refractivity contribution is -0.141. The van der Waals surface area contributed by atoms with Crippen molar-refractivity contribution < 1.29 is 9.90 Å². The van der Waals surface area contributed by atoms with E-state index < -0.39 is 5.97 Å². The number of hydrogen-bond donors (Lipinski definition) is 1. The molecule has 0 fully saturated rings. The van der Waals surface area contributed by atoms with Gasteiger partial charge in [-0.3, -0.25) is 9.69 Å². The molecule has 2 unspecified atom stereocenters. The van der Waals surface area contributed by atoms with E-state index in [2.05, 4.69) is 17.1 Å². The van der Waals surface area contributed by atoms with Crippen molar-refractivity contribution >= 4 is 5.97 Å². The summed E-state index contributed by atoms with van der Waals surface area (Å²) in [5.41, 5.74) is 0. The van der Waals surface area contributed by atoms with Gasteiger partial charge in [-0.2, -0.15) is 0 Å². The van der Waals surface area contributed by atoms with Gasteiger partial charge in [0, 0.05) is 12.6 Å². The van der Waals surface area contributed by atoms with Crippen LogP contribution in [0.1, 0.15) is 26.2 Å². The molecular formula is C11H19NO2. The fourth-order valence-electron chi connectivity index (χ4n) is 1.81. The van der Waals surface area contributed by atoms with Gasteiger partial charge in [0.25, 0.3) is 0 Å². The van der Waals surface area contributed by atoms with E-state index in [1.807, 2.05) is 7.05 Å². The van der Waals surface area contributed by atoms with Crippen molar-refractivity contribution in [2.45, 2.75) is 32.2 Å². The molecule has 0 aliphatic heterocycles. The van der Waals surface area contributed by atoms with Crippen LogP contribution in [0, 0.1) is 5.92 Å². The van der Waals surface area contributed by atoms with Crippen LogP contribution in [-0.4, -0.2) is 35.6 Å². The molecule has 0 amide bonds. The second-order valence-electron chi connectivity index (χ2n) is 4.11. The zero-order valence-electron chi connectivity index (χ0n) is 8.94. The molecule has 1 aliphatic carbocycles. The maximum absolute atomic E-state index is 10.7. The molecule has 14 heavy (non-hydrogen) atoms. The van der Waals surface area contributed by atoms with E-state index in [0.29, 0.717) is 12.6 Å². The molecule has 80 valence electrons. The first kappa shape index (κ1) is 11.2. The van der Waals surface area contributed by atoms with Gasteiger partial charge in [-0.1, -0.05) is 19.1 Å². The second kappa shape index (κ2) is 5.15. The zero-order valence-corrected chi connectivity index (χ0v) is 8.94. The van der Waals surface area contributed by atoms with E-state index >= 15 is 0 Å². The molecule has 1 aliphatic rings. The third-order valence-corrected chi connectivity index (χ3v) is 2.78. The molecule has 0 bridgehead atoms. The minimum Gasteiger partial charge on any atom is -0.481 e. The molecule has 0 saturated carbocycles. The van der Waals surface area contributed by atoms with Crippen LogP contribution in [0.5, 0.6) is 0 Å². The molecule has 1 rings (SSSR count). The fraction of sp³-hybridized carbons (Fsp3) is 0.727. The number of carbonyl (C=O) groups is 1. The number of allylic oxidation sites excluding steroid dienone is 1. The van der Waals surface area contributed by atoms with Crippen molar-refractivity contribution in [1.29, 1.82) is 0 Å². The quantitative estimate of drug-likeness (QED) is 0.698. The van der Waals surface area contributed by atoms with E-state index in [1.165, 1.54) is 12.8 Å². The van der Waals surface area contributed by atoms with Crippen molar-refractivity contribution in [2.75, 3.05) is 13.6 Å². The lowest BCUT2D eigenvalue weighted by atomic mass is 10.0. The zero-order chi connectivity index (χ0) is 10.6. The highest BCUT2D eigenvalue weighted by atomic mass is 16.4.